The van der Waals surface area contributed by atoms with E-state index in [1.807, 2.05) is 0 Å². The molecule has 0 saturated heterocycles. The highest BCUT2D eigenvalue weighted by molar-refractivity contribution is 6.48. The van der Waals surface area contributed by atoms with Gasteiger partial charge in [0.2, 0.25) is 0 Å². The van der Waals surface area contributed by atoms with E-state index in [0.29, 0.717) is 0 Å². The van der Waals surface area contributed by atoms with E-state index in [0.717, 1.165) is 0 Å². The highest BCUT2D eigenvalue weighted by atomic mass is 35.5. The minimum atomic E-state index is -0.170. The molecule has 1 radical (unpaired) electrons. The smallest absolute Gasteiger partial charge is 0.187 e. The fourth-order valence-electron chi connectivity index (χ4n) is 0.376. The molecule has 0 unspecified atom stereocenters. The molecule has 3 nitrogen and oxygen atoms in total. The van der Waals surface area contributed by atoms with Gasteiger partial charge >= 0.3 is 0 Å². The number of aromatic nitrogens is 2. The van der Waals surface area contributed by atoms with Gasteiger partial charge in [-0.15, -0.1) is 10.2 Å². The third-order valence-corrected chi connectivity index (χ3v) is 2.01. The summed E-state index contributed by atoms with van der Waals surface area (Å²) in [5.74, 6) is -0.170. The second kappa shape index (κ2) is 2.78. The van der Waals surface area contributed by atoms with Crippen molar-refractivity contribution in [1.82, 2.24) is 15.9 Å². The lowest BCUT2D eigenvalue weighted by Gasteiger charge is -1.96. The second-order valence-corrected chi connectivity index (χ2v) is 2.58. The number of hydrogen-bond acceptors (Lipinski definition) is 2. The van der Waals surface area contributed by atoms with Crippen LogP contribution in [0.4, 0.5) is 5.82 Å². The number of halogens is 3. The molecule has 0 aliphatic rings. The predicted octanol–water partition coefficient (Wildman–Crippen LogP) is 2.35. The van der Waals surface area contributed by atoms with Gasteiger partial charge in [0.05, 0.1) is 0 Å². The maximum absolute atomic E-state index is 7.01. The highest BCUT2D eigenvalue weighted by Crippen LogP contribution is 2.30. The molecule has 1 rings (SSSR count). The van der Waals surface area contributed by atoms with E-state index < -0.39 is 0 Å². The first-order chi connectivity index (χ1) is 4.63. The summed E-state index contributed by atoms with van der Waals surface area (Å²) < 4.78 is 0. The van der Waals surface area contributed by atoms with Crippen molar-refractivity contribution in [2.75, 3.05) is 0 Å². The lowest BCUT2D eigenvalue weighted by molar-refractivity contribution is 1.02. The molecule has 1 heterocycles. The van der Waals surface area contributed by atoms with E-state index in [4.69, 9.17) is 40.5 Å². The van der Waals surface area contributed by atoms with Gasteiger partial charge in [-0.05, 0) is 0 Å². The Labute approximate surface area is 72.1 Å². The molecule has 1 N–H and O–H groups in total. The van der Waals surface area contributed by atoms with Crippen molar-refractivity contribution < 1.29 is 0 Å². The van der Waals surface area contributed by atoms with Crippen LogP contribution in [0.1, 0.15) is 0 Å². The van der Waals surface area contributed by atoms with E-state index in [1.165, 1.54) is 0 Å². The van der Waals surface area contributed by atoms with Crippen molar-refractivity contribution in [3.8, 4) is 0 Å². The average Bonchev–Trinajstić information content (AvgIpc) is 1.93. The van der Waals surface area contributed by atoms with Gasteiger partial charge in [-0.3, -0.25) is 5.73 Å². The fraction of sp³-hybridized carbons (Fsp3) is 0. The zero-order chi connectivity index (χ0) is 7.72. The maximum Gasteiger partial charge on any atom is 0.187 e. The van der Waals surface area contributed by atoms with E-state index in [2.05, 4.69) is 10.2 Å². The van der Waals surface area contributed by atoms with Crippen LogP contribution in [0.25, 0.3) is 0 Å². The van der Waals surface area contributed by atoms with Crippen molar-refractivity contribution in [2.24, 2.45) is 0 Å². The molecule has 0 spiro atoms. The quantitative estimate of drug-likeness (QED) is 0.641. The molecular formula is C4HCl3N3. The molecule has 0 bridgehead atoms. The topological polar surface area (TPSA) is 49.6 Å². The van der Waals surface area contributed by atoms with Crippen LogP contribution in [-0.2, 0) is 0 Å². The molecular weight excluding hydrogens is 196 g/mol. The molecule has 6 heteroatoms. The van der Waals surface area contributed by atoms with Crippen molar-refractivity contribution in [1.29, 1.82) is 0 Å². The number of rotatable bonds is 0. The van der Waals surface area contributed by atoms with Crippen LogP contribution in [0.2, 0.25) is 15.2 Å². The van der Waals surface area contributed by atoms with E-state index in [9.17, 15) is 0 Å². The normalized spacial score (nSPS) is 9.90. The summed E-state index contributed by atoms with van der Waals surface area (Å²) in [4.78, 5) is 0. The summed E-state index contributed by atoms with van der Waals surface area (Å²) in [6, 6.07) is 0. The van der Waals surface area contributed by atoms with Gasteiger partial charge in [0, 0.05) is 0 Å². The Balaban J connectivity index is 3.34. The molecule has 0 atom stereocenters. The van der Waals surface area contributed by atoms with Crippen LogP contribution in [0.15, 0.2) is 0 Å². The Kier molecular flexibility index (Phi) is 2.18. The molecule has 0 amide bonds. The van der Waals surface area contributed by atoms with Crippen molar-refractivity contribution >= 4 is 40.6 Å². The molecule has 0 aromatic carbocycles. The van der Waals surface area contributed by atoms with E-state index in [1.54, 1.807) is 0 Å². The lowest BCUT2D eigenvalue weighted by atomic mass is 10.5. The van der Waals surface area contributed by atoms with Gasteiger partial charge in [0.15, 0.2) is 11.0 Å². The Morgan fingerprint density at radius 2 is 1.60 bits per heavy atom. The second-order valence-electron chi connectivity index (χ2n) is 1.47. The van der Waals surface area contributed by atoms with Crippen LogP contribution in [0, 0.1) is 0 Å². The summed E-state index contributed by atoms with van der Waals surface area (Å²) >= 11 is 16.4. The molecule has 0 saturated carbocycles. The zero-order valence-corrected chi connectivity index (χ0v) is 6.80. The minimum absolute atomic E-state index is 0.0164. The Morgan fingerprint density at radius 1 is 1.00 bits per heavy atom. The standard InChI is InChI=1S/C4HCl3N3/c5-1-2(6)4(8)10-9-3(1)7/h8H. The van der Waals surface area contributed by atoms with Crippen LogP contribution in [0.3, 0.4) is 0 Å². The van der Waals surface area contributed by atoms with Crippen molar-refractivity contribution in [3.63, 3.8) is 0 Å². The molecule has 1 aromatic rings. The molecule has 0 aliphatic carbocycles. The third kappa shape index (κ3) is 1.26. The fourth-order valence-corrected chi connectivity index (χ4v) is 0.811. The summed E-state index contributed by atoms with van der Waals surface area (Å²) in [7, 11) is 0. The maximum atomic E-state index is 7.01. The zero-order valence-electron chi connectivity index (χ0n) is 4.53. The molecule has 10 heavy (non-hydrogen) atoms. The summed E-state index contributed by atoms with van der Waals surface area (Å²) in [5, 5.41) is 6.78. The van der Waals surface area contributed by atoms with Gasteiger partial charge < -0.3 is 0 Å². The number of nitrogens with one attached hydrogen (secondary N) is 1. The average molecular weight is 197 g/mol. The summed E-state index contributed by atoms with van der Waals surface area (Å²) in [6.07, 6.45) is 0. The number of hydrogen-bond donors (Lipinski definition) is 0. The minimum Gasteiger partial charge on any atom is -0.280 e. The van der Waals surface area contributed by atoms with E-state index in [-0.39, 0.29) is 21.0 Å². The van der Waals surface area contributed by atoms with Crippen molar-refractivity contribution in [3.05, 3.63) is 15.2 Å². The van der Waals surface area contributed by atoms with E-state index >= 15 is 0 Å². The summed E-state index contributed by atoms with van der Waals surface area (Å²) in [5.41, 5.74) is 7.01. The first-order valence-electron chi connectivity index (χ1n) is 2.21. The highest BCUT2D eigenvalue weighted by Gasteiger charge is 2.08. The monoisotopic (exact) mass is 196 g/mol. The predicted molar refractivity (Wildman–Crippen MR) is 39.8 cm³/mol. The molecule has 53 valence electrons. The Bertz CT molecular complexity index is 235. The van der Waals surface area contributed by atoms with Crippen LogP contribution >= 0.6 is 34.8 Å². The van der Waals surface area contributed by atoms with Gasteiger partial charge in [0.1, 0.15) is 10.0 Å². The Hall–Kier alpha value is -0.250. The molecule has 0 fully saturated rings. The largest absolute Gasteiger partial charge is 0.280 e. The van der Waals surface area contributed by atoms with Crippen LogP contribution in [0.5, 0.6) is 0 Å². The SMILES string of the molecule is [NH]c1nnc(Cl)c(Cl)c1Cl. The van der Waals surface area contributed by atoms with Crippen LogP contribution < -0.4 is 5.73 Å². The van der Waals surface area contributed by atoms with Gasteiger partial charge in [0.25, 0.3) is 0 Å². The molecule has 1 aromatic heterocycles. The van der Waals surface area contributed by atoms with Gasteiger partial charge in [-0.1, -0.05) is 34.8 Å². The lowest BCUT2D eigenvalue weighted by Crippen LogP contribution is -1.86. The number of nitrogens with zero attached hydrogens (tertiary/aromatic N) is 2. The van der Waals surface area contributed by atoms with Crippen LogP contribution in [-0.4, -0.2) is 10.2 Å². The Morgan fingerprint density at radius 3 is 2.10 bits per heavy atom. The van der Waals surface area contributed by atoms with Gasteiger partial charge in [-0.25, -0.2) is 0 Å². The van der Waals surface area contributed by atoms with Gasteiger partial charge in [-0.2, -0.15) is 0 Å². The first-order valence-corrected chi connectivity index (χ1v) is 3.35. The first kappa shape index (κ1) is 7.85. The molecule has 0 aliphatic heterocycles. The third-order valence-electron chi connectivity index (χ3n) is 0.820. The van der Waals surface area contributed by atoms with Crippen molar-refractivity contribution in [2.45, 2.75) is 0 Å². The summed E-state index contributed by atoms with van der Waals surface area (Å²) in [6.45, 7) is 0.